The van der Waals surface area contributed by atoms with Crippen molar-refractivity contribution in [3.63, 3.8) is 0 Å². The summed E-state index contributed by atoms with van der Waals surface area (Å²) in [5.41, 5.74) is 7.61. The van der Waals surface area contributed by atoms with Gasteiger partial charge in [-0.2, -0.15) is 5.10 Å². The molecule has 2 rings (SSSR count). The summed E-state index contributed by atoms with van der Waals surface area (Å²) in [4.78, 5) is 6.46. The molecule has 5 heteroatoms. The summed E-state index contributed by atoms with van der Waals surface area (Å²) in [7, 11) is 1.90. The Hall–Kier alpha value is -2.04. The lowest BCUT2D eigenvalue weighted by molar-refractivity contribution is 0.674. The summed E-state index contributed by atoms with van der Waals surface area (Å²) in [6.07, 6.45) is 1.58. The molecule has 0 aliphatic heterocycles. The molecule has 0 radical (unpaired) electrons. The largest absolute Gasteiger partial charge is 0.399 e. The van der Waals surface area contributed by atoms with Crippen LogP contribution in [0.1, 0.15) is 12.7 Å². The van der Waals surface area contributed by atoms with Crippen LogP contribution in [0.3, 0.4) is 0 Å². The minimum absolute atomic E-state index is 0.747. The Labute approximate surface area is 101 Å². The van der Waals surface area contributed by atoms with Crippen LogP contribution in [-0.4, -0.2) is 21.3 Å². The van der Waals surface area contributed by atoms with Gasteiger partial charge in [0.1, 0.15) is 12.2 Å². The molecule has 0 bridgehead atoms. The van der Waals surface area contributed by atoms with Gasteiger partial charge in [0.15, 0.2) is 0 Å². The minimum atomic E-state index is 0.747. The lowest BCUT2D eigenvalue weighted by atomic mass is 10.2. The molecule has 90 valence electrons. The van der Waals surface area contributed by atoms with Gasteiger partial charge in [-0.3, -0.25) is 4.68 Å². The predicted octanol–water partition coefficient (Wildman–Crippen LogP) is 1.42. The Morgan fingerprint density at radius 2 is 2.00 bits per heavy atom. The van der Waals surface area contributed by atoms with Crippen LogP contribution in [0, 0.1) is 0 Å². The summed E-state index contributed by atoms with van der Waals surface area (Å²) < 4.78 is 1.79. The zero-order valence-electron chi connectivity index (χ0n) is 10.2. The number of nitrogens with two attached hydrogens (primary N) is 1. The third kappa shape index (κ3) is 2.55. The van der Waals surface area contributed by atoms with Crippen molar-refractivity contribution in [2.45, 2.75) is 13.5 Å². The second-order valence-electron chi connectivity index (χ2n) is 3.91. The molecule has 0 fully saturated rings. The van der Waals surface area contributed by atoms with Crippen molar-refractivity contribution in [3.8, 4) is 0 Å². The molecule has 0 saturated carbocycles. The van der Waals surface area contributed by atoms with Crippen LogP contribution in [0.25, 0.3) is 0 Å². The molecule has 0 atom stereocenters. The summed E-state index contributed by atoms with van der Waals surface area (Å²) in [5.74, 6) is 0.948. The molecule has 1 aromatic heterocycles. The second kappa shape index (κ2) is 4.86. The molecule has 17 heavy (non-hydrogen) atoms. The molecule has 0 saturated heterocycles. The van der Waals surface area contributed by atoms with Crippen molar-refractivity contribution < 1.29 is 0 Å². The number of benzene rings is 1. The molecular weight excluding hydrogens is 214 g/mol. The first kappa shape index (κ1) is 11.4. The first-order chi connectivity index (χ1) is 8.20. The van der Waals surface area contributed by atoms with Crippen LogP contribution >= 0.6 is 0 Å². The zero-order chi connectivity index (χ0) is 12.3. The van der Waals surface area contributed by atoms with Gasteiger partial charge >= 0.3 is 0 Å². The first-order valence-electron chi connectivity index (χ1n) is 5.64. The molecule has 0 amide bonds. The summed E-state index contributed by atoms with van der Waals surface area (Å²) in [6, 6.07) is 7.87. The van der Waals surface area contributed by atoms with E-state index in [9.17, 15) is 0 Å². The topological polar surface area (TPSA) is 60.0 Å². The maximum atomic E-state index is 5.68. The van der Waals surface area contributed by atoms with E-state index in [0.29, 0.717) is 0 Å². The third-order valence-electron chi connectivity index (χ3n) is 2.78. The average molecular weight is 231 g/mol. The lowest BCUT2D eigenvalue weighted by Gasteiger charge is -2.22. The summed E-state index contributed by atoms with van der Waals surface area (Å²) in [6.45, 7) is 3.78. The Bertz CT molecular complexity index is 474. The highest BCUT2D eigenvalue weighted by Gasteiger charge is 2.08. The summed E-state index contributed by atoms with van der Waals surface area (Å²) >= 11 is 0. The van der Waals surface area contributed by atoms with Gasteiger partial charge in [0.05, 0.1) is 6.54 Å². The van der Waals surface area contributed by atoms with Crippen molar-refractivity contribution >= 4 is 11.4 Å². The van der Waals surface area contributed by atoms with Gasteiger partial charge in [0.2, 0.25) is 0 Å². The van der Waals surface area contributed by atoms with Gasteiger partial charge in [-0.25, -0.2) is 4.98 Å². The molecule has 0 spiro atoms. The number of nitrogen functional groups attached to an aromatic ring is 1. The van der Waals surface area contributed by atoms with Crippen molar-refractivity contribution in [2.75, 3.05) is 17.2 Å². The van der Waals surface area contributed by atoms with Crippen LogP contribution < -0.4 is 10.6 Å². The third-order valence-corrected chi connectivity index (χ3v) is 2.78. The van der Waals surface area contributed by atoms with E-state index in [4.69, 9.17) is 5.73 Å². The Morgan fingerprint density at radius 3 is 2.53 bits per heavy atom. The average Bonchev–Trinajstić information content (AvgIpc) is 2.73. The first-order valence-corrected chi connectivity index (χ1v) is 5.64. The molecule has 2 N–H and O–H groups in total. The van der Waals surface area contributed by atoms with E-state index in [0.717, 1.165) is 30.3 Å². The maximum Gasteiger partial charge on any atom is 0.146 e. The van der Waals surface area contributed by atoms with Gasteiger partial charge in [0, 0.05) is 25.0 Å². The zero-order valence-corrected chi connectivity index (χ0v) is 10.2. The van der Waals surface area contributed by atoms with Gasteiger partial charge in [-0.15, -0.1) is 0 Å². The maximum absolute atomic E-state index is 5.68. The van der Waals surface area contributed by atoms with Crippen LogP contribution in [0.4, 0.5) is 11.4 Å². The highest BCUT2D eigenvalue weighted by molar-refractivity contribution is 5.52. The highest BCUT2D eigenvalue weighted by Crippen LogP contribution is 2.17. The van der Waals surface area contributed by atoms with Crippen LogP contribution in [-0.2, 0) is 13.6 Å². The molecule has 0 aliphatic rings. The van der Waals surface area contributed by atoms with E-state index in [1.807, 2.05) is 31.3 Å². The van der Waals surface area contributed by atoms with Gasteiger partial charge in [0.25, 0.3) is 0 Å². The van der Waals surface area contributed by atoms with Crippen LogP contribution in [0.2, 0.25) is 0 Å². The number of aromatic nitrogens is 3. The molecule has 0 aliphatic carbocycles. The monoisotopic (exact) mass is 231 g/mol. The van der Waals surface area contributed by atoms with E-state index in [2.05, 4.69) is 21.9 Å². The van der Waals surface area contributed by atoms with Crippen molar-refractivity contribution in [1.29, 1.82) is 0 Å². The Balaban J connectivity index is 2.17. The number of hydrogen-bond donors (Lipinski definition) is 1. The SMILES string of the molecule is CCN(Cc1ncnn1C)c1ccc(N)cc1. The number of rotatable bonds is 4. The fourth-order valence-corrected chi connectivity index (χ4v) is 1.70. The predicted molar refractivity (Wildman–Crippen MR) is 68.6 cm³/mol. The second-order valence-corrected chi connectivity index (χ2v) is 3.91. The quantitative estimate of drug-likeness (QED) is 0.808. The van der Waals surface area contributed by atoms with Crippen molar-refractivity contribution in [2.24, 2.45) is 7.05 Å². The smallest absolute Gasteiger partial charge is 0.146 e. The molecular formula is C12H17N5. The van der Waals surface area contributed by atoms with Crippen molar-refractivity contribution in [1.82, 2.24) is 14.8 Å². The van der Waals surface area contributed by atoms with E-state index in [1.165, 1.54) is 0 Å². The molecule has 1 aromatic carbocycles. The number of anilines is 2. The van der Waals surface area contributed by atoms with Gasteiger partial charge < -0.3 is 10.6 Å². The fourth-order valence-electron chi connectivity index (χ4n) is 1.70. The highest BCUT2D eigenvalue weighted by atomic mass is 15.3. The molecule has 5 nitrogen and oxygen atoms in total. The summed E-state index contributed by atoms with van der Waals surface area (Å²) in [5, 5.41) is 4.07. The number of hydrogen-bond acceptors (Lipinski definition) is 4. The van der Waals surface area contributed by atoms with E-state index >= 15 is 0 Å². The molecule has 2 aromatic rings. The van der Waals surface area contributed by atoms with E-state index in [1.54, 1.807) is 11.0 Å². The lowest BCUT2D eigenvalue weighted by Crippen LogP contribution is -2.24. The minimum Gasteiger partial charge on any atom is -0.399 e. The molecule has 1 heterocycles. The van der Waals surface area contributed by atoms with Crippen molar-refractivity contribution in [3.05, 3.63) is 36.4 Å². The standard InChI is InChI=1S/C12H17N5/c1-3-17(8-12-14-9-15-16(12)2)11-6-4-10(13)5-7-11/h4-7,9H,3,8,13H2,1-2H3. The van der Waals surface area contributed by atoms with Crippen LogP contribution in [0.15, 0.2) is 30.6 Å². The Kier molecular flexibility index (Phi) is 3.27. The Morgan fingerprint density at radius 1 is 1.29 bits per heavy atom. The molecule has 0 unspecified atom stereocenters. The van der Waals surface area contributed by atoms with E-state index in [-0.39, 0.29) is 0 Å². The normalized spacial score (nSPS) is 10.5. The van der Waals surface area contributed by atoms with Crippen LogP contribution in [0.5, 0.6) is 0 Å². The van der Waals surface area contributed by atoms with Gasteiger partial charge in [-0.1, -0.05) is 0 Å². The van der Waals surface area contributed by atoms with E-state index < -0.39 is 0 Å². The number of nitrogens with zero attached hydrogens (tertiary/aromatic N) is 4. The number of aryl methyl sites for hydroxylation is 1. The van der Waals surface area contributed by atoms with Gasteiger partial charge in [-0.05, 0) is 31.2 Å². The fraction of sp³-hybridized carbons (Fsp3) is 0.333.